The van der Waals surface area contributed by atoms with E-state index in [4.69, 9.17) is 0 Å². The summed E-state index contributed by atoms with van der Waals surface area (Å²) in [6.45, 7) is 4.31. The second-order valence-electron chi connectivity index (χ2n) is 5.05. The summed E-state index contributed by atoms with van der Waals surface area (Å²) >= 11 is 0. The highest BCUT2D eigenvalue weighted by Gasteiger charge is 2.16. The Morgan fingerprint density at radius 3 is 2.71 bits per heavy atom. The standard InChI is InChI=1S/C16H20N4O/c1-11-6-5-7-13(19-11)10-20(4)16(21)14-9-18-12(2)8-15(14)17-3/h5-9H,10H2,1-4H3,(H,17,18). The van der Waals surface area contributed by atoms with Gasteiger partial charge in [0.2, 0.25) is 0 Å². The number of aryl methyl sites for hydroxylation is 2. The van der Waals surface area contributed by atoms with Crippen molar-refractivity contribution in [2.75, 3.05) is 19.4 Å². The smallest absolute Gasteiger partial charge is 0.257 e. The fourth-order valence-electron chi connectivity index (χ4n) is 2.15. The first-order chi connectivity index (χ1) is 10.0. The highest BCUT2D eigenvalue weighted by molar-refractivity contribution is 5.99. The Morgan fingerprint density at radius 2 is 2.05 bits per heavy atom. The maximum atomic E-state index is 12.5. The molecule has 0 unspecified atom stereocenters. The molecule has 1 N–H and O–H groups in total. The van der Waals surface area contributed by atoms with Crippen molar-refractivity contribution in [3.8, 4) is 0 Å². The van der Waals surface area contributed by atoms with Crippen LogP contribution in [0.2, 0.25) is 0 Å². The Bertz CT molecular complexity index is 654. The summed E-state index contributed by atoms with van der Waals surface area (Å²) in [7, 11) is 3.57. The van der Waals surface area contributed by atoms with E-state index in [0.29, 0.717) is 12.1 Å². The second-order valence-corrected chi connectivity index (χ2v) is 5.05. The van der Waals surface area contributed by atoms with Gasteiger partial charge in [-0.2, -0.15) is 0 Å². The lowest BCUT2D eigenvalue weighted by Crippen LogP contribution is -2.27. The van der Waals surface area contributed by atoms with E-state index in [0.717, 1.165) is 22.8 Å². The average molecular weight is 284 g/mol. The number of anilines is 1. The third-order valence-electron chi connectivity index (χ3n) is 3.23. The van der Waals surface area contributed by atoms with Crippen LogP contribution < -0.4 is 5.32 Å². The van der Waals surface area contributed by atoms with Crippen molar-refractivity contribution in [3.05, 3.63) is 53.1 Å². The Kier molecular flexibility index (Phi) is 4.52. The van der Waals surface area contributed by atoms with E-state index in [1.807, 2.05) is 38.1 Å². The van der Waals surface area contributed by atoms with Gasteiger partial charge in [-0.05, 0) is 32.0 Å². The summed E-state index contributed by atoms with van der Waals surface area (Å²) < 4.78 is 0. The predicted molar refractivity (Wildman–Crippen MR) is 83.3 cm³/mol. The molecular formula is C16H20N4O. The lowest BCUT2D eigenvalue weighted by Gasteiger charge is -2.18. The maximum absolute atomic E-state index is 12.5. The number of rotatable bonds is 4. The second kappa shape index (κ2) is 6.35. The first kappa shape index (κ1) is 15.0. The van der Waals surface area contributed by atoms with Gasteiger partial charge in [0, 0.05) is 31.7 Å². The fourth-order valence-corrected chi connectivity index (χ4v) is 2.15. The number of carbonyl (C=O) groups excluding carboxylic acids is 1. The molecule has 0 radical (unpaired) electrons. The summed E-state index contributed by atoms with van der Waals surface area (Å²) in [5, 5.41) is 3.04. The van der Waals surface area contributed by atoms with Crippen LogP contribution >= 0.6 is 0 Å². The molecule has 110 valence electrons. The molecule has 0 aliphatic heterocycles. The van der Waals surface area contributed by atoms with Gasteiger partial charge < -0.3 is 10.2 Å². The molecule has 5 heteroatoms. The van der Waals surface area contributed by atoms with Crippen molar-refractivity contribution in [2.24, 2.45) is 0 Å². The van der Waals surface area contributed by atoms with Gasteiger partial charge in [0.25, 0.3) is 5.91 Å². The van der Waals surface area contributed by atoms with E-state index >= 15 is 0 Å². The van der Waals surface area contributed by atoms with Crippen molar-refractivity contribution in [1.29, 1.82) is 0 Å². The molecule has 0 atom stereocenters. The third kappa shape index (κ3) is 3.56. The molecular weight excluding hydrogens is 264 g/mol. The van der Waals surface area contributed by atoms with Crippen molar-refractivity contribution in [1.82, 2.24) is 14.9 Å². The van der Waals surface area contributed by atoms with Gasteiger partial charge in [-0.1, -0.05) is 6.07 Å². The van der Waals surface area contributed by atoms with Gasteiger partial charge in [-0.15, -0.1) is 0 Å². The molecule has 0 aromatic carbocycles. The number of hydrogen-bond acceptors (Lipinski definition) is 4. The quantitative estimate of drug-likeness (QED) is 0.936. The minimum atomic E-state index is -0.0739. The number of amides is 1. The van der Waals surface area contributed by atoms with Crippen LogP contribution in [-0.2, 0) is 6.54 Å². The van der Waals surface area contributed by atoms with E-state index in [1.54, 1.807) is 25.2 Å². The molecule has 0 spiro atoms. The van der Waals surface area contributed by atoms with Crippen LogP contribution in [0.5, 0.6) is 0 Å². The maximum Gasteiger partial charge on any atom is 0.257 e. The Morgan fingerprint density at radius 1 is 1.29 bits per heavy atom. The van der Waals surface area contributed by atoms with E-state index in [9.17, 15) is 4.79 Å². The summed E-state index contributed by atoms with van der Waals surface area (Å²) in [4.78, 5) is 22.8. The van der Waals surface area contributed by atoms with Crippen LogP contribution in [0, 0.1) is 13.8 Å². The largest absolute Gasteiger partial charge is 0.387 e. The third-order valence-corrected chi connectivity index (χ3v) is 3.23. The molecule has 0 fully saturated rings. The molecule has 0 saturated carbocycles. The Labute approximate surface area is 125 Å². The Hall–Kier alpha value is -2.43. The normalized spacial score (nSPS) is 10.3. The van der Waals surface area contributed by atoms with Crippen LogP contribution in [0.25, 0.3) is 0 Å². The molecule has 0 bridgehead atoms. The first-order valence-electron chi connectivity index (χ1n) is 6.83. The van der Waals surface area contributed by atoms with Crippen LogP contribution in [0.15, 0.2) is 30.5 Å². The number of nitrogens with one attached hydrogen (secondary N) is 1. The van der Waals surface area contributed by atoms with Gasteiger partial charge in [0.15, 0.2) is 0 Å². The monoisotopic (exact) mass is 284 g/mol. The van der Waals surface area contributed by atoms with Crippen LogP contribution in [0.4, 0.5) is 5.69 Å². The predicted octanol–water partition coefficient (Wildman–Crippen LogP) is 2.41. The van der Waals surface area contributed by atoms with Crippen LogP contribution in [0.3, 0.4) is 0 Å². The highest BCUT2D eigenvalue weighted by Crippen LogP contribution is 2.17. The number of aromatic nitrogens is 2. The lowest BCUT2D eigenvalue weighted by molar-refractivity contribution is 0.0784. The van der Waals surface area contributed by atoms with Crippen LogP contribution in [0.1, 0.15) is 27.4 Å². The lowest BCUT2D eigenvalue weighted by atomic mass is 10.2. The summed E-state index contributed by atoms with van der Waals surface area (Å²) in [5.41, 5.74) is 4.05. The average Bonchev–Trinajstić information content (AvgIpc) is 2.46. The van der Waals surface area contributed by atoms with E-state index in [1.165, 1.54) is 0 Å². The minimum absolute atomic E-state index is 0.0739. The van der Waals surface area contributed by atoms with Crippen molar-refractivity contribution in [2.45, 2.75) is 20.4 Å². The van der Waals surface area contributed by atoms with Gasteiger partial charge >= 0.3 is 0 Å². The first-order valence-corrected chi connectivity index (χ1v) is 6.83. The van der Waals surface area contributed by atoms with Crippen molar-refractivity contribution < 1.29 is 4.79 Å². The molecule has 0 aliphatic rings. The zero-order valence-electron chi connectivity index (χ0n) is 12.8. The summed E-state index contributed by atoms with van der Waals surface area (Å²) in [5.74, 6) is -0.0739. The zero-order valence-corrected chi connectivity index (χ0v) is 12.8. The highest BCUT2D eigenvalue weighted by atomic mass is 16.2. The minimum Gasteiger partial charge on any atom is -0.387 e. The van der Waals surface area contributed by atoms with Gasteiger partial charge in [0.1, 0.15) is 0 Å². The van der Waals surface area contributed by atoms with Crippen molar-refractivity contribution >= 4 is 11.6 Å². The van der Waals surface area contributed by atoms with Gasteiger partial charge in [0.05, 0.1) is 23.5 Å². The topological polar surface area (TPSA) is 58.1 Å². The summed E-state index contributed by atoms with van der Waals surface area (Å²) in [6.07, 6.45) is 1.61. The molecule has 5 nitrogen and oxygen atoms in total. The number of carbonyl (C=O) groups is 1. The molecule has 0 aliphatic carbocycles. The van der Waals surface area contributed by atoms with Gasteiger partial charge in [-0.3, -0.25) is 14.8 Å². The molecule has 1 amide bonds. The molecule has 0 saturated heterocycles. The van der Waals surface area contributed by atoms with E-state index in [-0.39, 0.29) is 5.91 Å². The number of nitrogens with zero attached hydrogens (tertiary/aromatic N) is 3. The van der Waals surface area contributed by atoms with Crippen molar-refractivity contribution in [3.63, 3.8) is 0 Å². The Balaban J connectivity index is 2.19. The molecule has 2 aromatic heterocycles. The molecule has 2 heterocycles. The molecule has 21 heavy (non-hydrogen) atoms. The summed E-state index contributed by atoms with van der Waals surface area (Å²) in [6, 6.07) is 7.67. The van der Waals surface area contributed by atoms with Crippen LogP contribution in [-0.4, -0.2) is 34.9 Å². The number of pyridine rings is 2. The SMILES string of the molecule is CNc1cc(C)ncc1C(=O)N(C)Cc1cccc(C)n1. The van der Waals surface area contributed by atoms with E-state index in [2.05, 4.69) is 15.3 Å². The molecule has 2 aromatic rings. The zero-order chi connectivity index (χ0) is 15.4. The molecule has 2 rings (SSSR count). The van der Waals surface area contributed by atoms with E-state index < -0.39 is 0 Å². The van der Waals surface area contributed by atoms with Gasteiger partial charge in [-0.25, -0.2) is 0 Å². The fraction of sp³-hybridized carbons (Fsp3) is 0.312. The number of hydrogen-bond donors (Lipinski definition) is 1.